The summed E-state index contributed by atoms with van der Waals surface area (Å²) >= 11 is 1.34. The van der Waals surface area contributed by atoms with Crippen molar-refractivity contribution in [2.24, 2.45) is 0 Å². The van der Waals surface area contributed by atoms with E-state index in [1.54, 1.807) is 11.8 Å². The molecular weight excluding hydrogens is 316 g/mol. The number of hydrogen-bond acceptors (Lipinski definition) is 6. The number of thiophene rings is 1. The minimum Gasteiger partial charge on any atom is -0.462 e. The molecule has 6 nitrogen and oxygen atoms in total. The highest BCUT2D eigenvalue weighted by Crippen LogP contribution is 2.37. The molecule has 1 aliphatic rings. The Labute approximate surface area is 140 Å². The van der Waals surface area contributed by atoms with Gasteiger partial charge in [0.15, 0.2) is 0 Å². The first-order chi connectivity index (χ1) is 10.6. The summed E-state index contributed by atoms with van der Waals surface area (Å²) in [4.78, 5) is 27.1. The molecule has 1 aromatic heterocycles. The first-order valence-electron chi connectivity index (χ1n) is 7.70. The van der Waals surface area contributed by atoms with E-state index < -0.39 is 5.60 Å². The zero-order valence-electron chi connectivity index (χ0n) is 14.3. The summed E-state index contributed by atoms with van der Waals surface area (Å²) in [6, 6.07) is -0.0699. The number of ether oxygens (including phenoxy) is 2. The van der Waals surface area contributed by atoms with Crippen molar-refractivity contribution in [2.75, 3.05) is 12.3 Å². The molecule has 2 N–H and O–H groups in total. The summed E-state index contributed by atoms with van der Waals surface area (Å²) in [5, 5.41) is 0.451. The molecule has 0 aliphatic carbocycles. The minimum absolute atomic E-state index is 0.0699. The average molecular weight is 340 g/mol. The number of nitrogen functional groups attached to an aromatic ring is 1. The highest BCUT2D eigenvalue weighted by molar-refractivity contribution is 7.16. The quantitative estimate of drug-likeness (QED) is 0.836. The number of hydrogen-bond donors (Lipinski definition) is 1. The van der Waals surface area contributed by atoms with Gasteiger partial charge in [0.25, 0.3) is 0 Å². The highest BCUT2D eigenvalue weighted by Gasteiger charge is 2.35. The van der Waals surface area contributed by atoms with E-state index in [4.69, 9.17) is 15.2 Å². The Kier molecular flexibility index (Phi) is 4.89. The van der Waals surface area contributed by atoms with Crippen molar-refractivity contribution in [3.63, 3.8) is 0 Å². The van der Waals surface area contributed by atoms with Crippen molar-refractivity contribution in [3.05, 3.63) is 16.0 Å². The largest absolute Gasteiger partial charge is 0.462 e. The van der Waals surface area contributed by atoms with E-state index in [1.807, 2.05) is 27.7 Å². The molecule has 0 radical (unpaired) electrons. The molecule has 1 aromatic rings. The third-order valence-corrected chi connectivity index (χ3v) is 4.62. The molecule has 0 saturated carbocycles. The van der Waals surface area contributed by atoms with E-state index >= 15 is 0 Å². The number of anilines is 1. The van der Waals surface area contributed by atoms with Crippen LogP contribution in [0.4, 0.5) is 9.80 Å². The lowest BCUT2D eigenvalue weighted by atomic mass is 9.97. The molecule has 0 spiro atoms. The van der Waals surface area contributed by atoms with Gasteiger partial charge in [0.2, 0.25) is 0 Å². The van der Waals surface area contributed by atoms with Gasteiger partial charge in [-0.2, -0.15) is 0 Å². The van der Waals surface area contributed by atoms with Gasteiger partial charge in [0.1, 0.15) is 10.6 Å². The number of fused-ring (bicyclic) bond motifs is 1. The summed E-state index contributed by atoms with van der Waals surface area (Å²) in [5.74, 6) is -0.389. The number of rotatable bonds is 2. The fourth-order valence-corrected chi connectivity index (χ4v) is 3.67. The number of nitrogens with two attached hydrogens (primary N) is 1. The Hall–Kier alpha value is -1.76. The monoisotopic (exact) mass is 340 g/mol. The van der Waals surface area contributed by atoms with E-state index in [-0.39, 0.29) is 18.1 Å². The molecule has 1 aliphatic heterocycles. The van der Waals surface area contributed by atoms with Gasteiger partial charge in [0.05, 0.1) is 18.7 Å². The summed E-state index contributed by atoms with van der Waals surface area (Å²) in [7, 11) is 0. The predicted molar refractivity (Wildman–Crippen MR) is 89.6 cm³/mol. The first kappa shape index (κ1) is 17.6. The third kappa shape index (κ3) is 3.77. The first-order valence-corrected chi connectivity index (χ1v) is 8.52. The highest BCUT2D eigenvalue weighted by atomic mass is 32.1. The summed E-state index contributed by atoms with van der Waals surface area (Å²) in [6.45, 7) is 9.93. The Morgan fingerprint density at radius 1 is 1.39 bits per heavy atom. The average Bonchev–Trinajstić information content (AvgIpc) is 2.71. The molecular formula is C16H24N2O4S. The summed E-state index contributed by atoms with van der Waals surface area (Å²) in [6.07, 6.45) is 0.219. The van der Waals surface area contributed by atoms with Gasteiger partial charge in [-0.15, -0.1) is 11.3 Å². The van der Waals surface area contributed by atoms with Crippen LogP contribution in [-0.2, 0) is 22.4 Å². The Morgan fingerprint density at radius 2 is 2.04 bits per heavy atom. The maximum atomic E-state index is 12.3. The van der Waals surface area contributed by atoms with Crippen LogP contribution in [0.15, 0.2) is 0 Å². The van der Waals surface area contributed by atoms with Gasteiger partial charge in [-0.25, -0.2) is 9.59 Å². The lowest BCUT2D eigenvalue weighted by Gasteiger charge is -2.35. The number of carbonyl (C=O) groups is 2. The number of nitrogens with zero attached hydrogens (tertiary/aromatic N) is 1. The predicted octanol–water partition coefficient (Wildman–Crippen LogP) is 3.19. The standard InChI is InChI=1S/C16H24N2O4S/c1-6-21-14(19)12-10-7-9(2)18(8-11(10)23-13(12)17)15(20)22-16(3,4)5/h9H,6-8,17H2,1-5H3/t9-/m1/s1. The van der Waals surface area contributed by atoms with Crippen LogP contribution < -0.4 is 5.73 Å². The molecule has 1 amide bonds. The van der Waals surface area contributed by atoms with Crippen LogP contribution in [0.5, 0.6) is 0 Å². The Balaban J connectivity index is 2.26. The molecule has 128 valence electrons. The molecule has 0 bridgehead atoms. The molecule has 23 heavy (non-hydrogen) atoms. The fraction of sp³-hybridized carbons (Fsp3) is 0.625. The SMILES string of the molecule is CCOC(=O)c1c(N)sc2c1C[C@@H](C)N(C(=O)OC(C)(C)C)C2. The molecule has 0 unspecified atom stereocenters. The fourth-order valence-electron chi connectivity index (χ4n) is 2.59. The second-order valence-corrected chi connectivity index (χ2v) is 7.76. The van der Waals surface area contributed by atoms with Crippen LogP contribution in [0.1, 0.15) is 55.4 Å². The third-order valence-electron chi connectivity index (χ3n) is 3.57. The number of amides is 1. The lowest BCUT2D eigenvalue weighted by molar-refractivity contribution is 0.0141. The zero-order valence-corrected chi connectivity index (χ0v) is 15.1. The Morgan fingerprint density at radius 3 is 2.61 bits per heavy atom. The van der Waals surface area contributed by atoms with Gasteiger partial charge in [-0.3, -0.25) is 0 Å². The van der Waals surface area contributed by atoms with E-state index in [9.17, 15) is 9.59 Å². The lowest BCUT2D eigenvalue weighted by Crippen LogP contribution is -2.45. The van der Waals surface area contributed by atoms with Crippen molar-refractivity contribution in [1.29, 1.82) is 0 Å². The maximum absolute atomic E-state index is 12.3. The molecule has 0 saturated heterocycles. The van der Waals surface area contributed by atoms with Crippen molar-refractivity contribution in [1.82, 2.24) is 4.90 Å². The summed E-state index contributed by atoms with van der Waals surface area (Å²) in [5.41, 5.74) is 6.83. The minimum atomic E-state index is -0.540. The topological polar surface area (TPSA) is 81.9 Å². The van der Waals surface area contributed by atoms with Gasteiger partial charge >= 0.3 is 12.1 Å². The number of esters is 1. The van der Waals surface area contributed by atoms with Crippen LogP contribution in [0.25, 0.3) is 0 Å². The van der Waals surface area contributed by atoms with Crippen LogP contribution in [0.2, 0.25) is 0 Å². The number of carbonyl (C=O) groups excluding carboxylic acids is 2. The maximum Gasteiger partial charge on any atom is 0.410 e. The van der Waals surface area contributed by atoms with E-state index in [1.165, 1.54) is 11.3 Å². The van der Waals surface area contributed by atoms with Crippen molar-refractivity contribution in [2.45, 2.75) is 59.2 Å². The molecule has 2 rings (SSSR count). The van der Waals surface area contributed by atoms with E-state index in [2.05, 4.69) is 0 Å². The van der Waals surface area contributed by atoms with Crippen LogP contribution >= 0.6 is 11.3 Å². The molecule has 2 heterocycles. The van der Waals surface area contributed by atoms with E-state index in [0.29, 0.717) is 30.1 Å². The van der Waals surface area contributed by atoms with Crippen LogP contribution in [-0.4, -0.2) is 35.2 Å². The normalized spacial score (nSPS) is 17.6. The second kappa shape index (κ2) is 6.39. The smallest absolute Gasteiger partial charge is 0.410 e. The van der Waals surface area contributed by atoms with Gasteiger partial charge in [0, 0.05) is 10.9 Å². The van der Waals surface area contributed by atoms with Gasteiger partial charge in [-0.1, -0.05) is 0 Å². The Bertz CT molecular complexity index is 618. The molecule has 7 heteroatoms. The molecule has 0 aromatic carbocycles. The van der Waals surface area contributed by atoms with Crippen molar-refractivity contribution >= 4 is 28.4 Å². The zero-order chi connectivity index (χ0) is 17.4. The molecule has 0 fully saturated rings. The van der Waals surface area contributed by atoms with Gasteiger partial charge in [-0.05, 0) is 46.6 Å². The van der Waals surface area contributed by atoms with Crippen molar-refractivity contribution in [3.8, 4) is 0 Å². The van der Waals surface area contributed by atoms with Crippen molar-refractivity contribution < 1.29 is 19.1 Å². The van der Waals surface area contributed by atoms with Crippen LogP contribution in [0, 0.1) is 0 Å². The molecule has 1 atom stereocenters. The van der Waals surface area contributed by atoms with E-state index in [0.717, 1.165) is 10.4 Å². The van der Waals surface area contributed by atoms with Crippen LogP contribution in [0.3, 0.4) is 0 Å². The summed E-state index contributed by atoms with van der Waals surface area (Å²) < 4.78 is 10.5. The van der Waals surface area contributed by atoms with Gasteiger partial charge < -0.3 is 20.1 Å². The second-order valence-electron chi connectivity index (χ2n) is 6.62.